The zero-order valence-electron chi connectivity index (χ0n) is 12.2. The summed E-state index contributed by atoms with van der Waals surface area (Å²) in [6.07, 6.45) is 0.854. The first-order valence-corrected chi connectivity index (χ1v) is 6.56. The average molecular weight is 276 g/mol. The van der Waals surface area contributed by atoms with Crippen molar-refractivity contribution >= 4 is 5.97 Å². The van der Waals surface area contributed by atoms with Crippen molar-refractivity contribution in [2.24, 2.45) is 0 Å². The number of carbonyl (C=O) groups is 1. The fraction of sp³-hybridized carbons (Fsp3) is 0.533. The van der Waals surface area contributed by atoms with Gasteiger partial charge in [0.15, 0.2) is 0 Å². The van der Waals surface area contributed by atoms with Crippen LogP contribution < -0.4 is 0 Å². The number of rotatable bonds is 6. The predicted molar refractivity (Wildman–Crippen MR) is 73.9 cm³/mol. The molecule has 0 saturated heterocycles. The smallest absolute Gasteiger partial charge is 0.308 e. The van der Waals surface area contributed by atoms with E-state index in [1.54, 1.807) is 12.1 Å². The minimum Gasteiger partial charge on any atom is -0.460 e. The summed E-state index contributed by atoms with van der Waals surface area (Å²) in [6.45, 7) is 6.29. The van der Waals surface area contributed by atoms with Gasteiger partial charge in [-0.2, -0.15) is 5.26 Å². The fourth-order valence-corrected chi connectivity index (χ4v) is 1.51. The van der Waals surface area contributed by atoms with Crippen molar-refractivity contribution < 1.29 is 14.3 Å². The number of pyridine rings is 1. The van der Waals surface area contributed by atoms with Gasteiger partial charge in [-0.1, -0.05) is 6.07 Å². The second kappa shape index (κ2) is 7.61. The third-order valence-corrected chi connectivity index (χ3v) is 2.29. The summed E-state index contributed by atoms with van der Waals surface area (Å²) in [6, 6.07) is 7.29. The highest BCUT2D eigenvalue weighted by atomic mass is 16.6. The first-order chi connectivity index (χ1) is 9.40. The molecule has 0 aliphatic heterocycles. The van der Waals surface area contributed by atoms with E-state index in [1.165, 1.54) is 0 Å². The molecule has 5 nitrogen and oxygen atoms in total. The number of nitrogens with zero attached hydrogens (tertiary/aromatic N) is 2. The first kappa shape index (κ1) is 16.1. The van der Waals surface area contributed by atoms with Crippen molar-refractivity contribution in [3.8, 4) is 6.07 Å². The highest BCUT2D eigenvalue weighted by molar-refractivity contribution is 5.69. The van der Waals surface area contributed by atoms with Crippen molar-refractivity contribution in [1.82, 2.24) is 4.98 Å². The molecular formula is C15H20N2O3. The molecule has 0 unspecified atom stereocenters. The second-order valence-corrected chi connectivity index (χ2v) is 5.32. The Labute approximate surface area is 119 Å². The molecule has 0 aliphatic rings. The van der Waals surface area contributed by atoms with Crippen LogP contribution in [0.3, 0.4) is 0 Å². The molecule has 108 valence electrons. The number of nitriles is 1. The second-order valence-electron chi connectivity index (χ2n) is 5.32. The van der Waals surface area contributed by atoms with Crippen LogP contribution in [0.5, 0.6) is 0 Å². The van der Waals surface area contributed by atoms with E-state index in [0.717, 1.165) is 5.69 Å². The van der Waals surface area contributed by atoms with Gasteiger partial charge in [0, 0.05) is 12.1 Å². The molecule has 0 amide bonds. The molecule has 0 bridgehead atoms. The summed E-state index contributed by atoms with van der Waals surface area (Å²) >= 11 is 0. The summed E-state index contributed by atoms with van der Waals surface area (Å²) in [4.78, 5) is 15.6. The first-order valence-electron chi connectivity index (χ1n) is 6.56. The molecule has 0 atom stereocenters. The van der Waals surface area contributed by atoms with Crippen molar-refractivity contribution in [2.75, 3.05) is 13.2 Å². The van der Waals surface area contributed by atoms with Crippen LogP contribution in [0, 0.1) is 11.3 Å². The van der Waals surface area contributed by atoms with E-state index in [1.807, 2.05) is 32.9 Å². The maximum Gasteiger partial charge on any atom is 0.308 e. The molecule has 0 fully saturated rings. The Balaban J connectivity index is 2.19. The highest BCUT2D eigenvalue weighted by Gasteiger charge is 2.15. The van der Waals surface area contributed by atoms with Gasteiger partial charge in [0.25, 0.3) is 0 Å². The van der Waals surface area contributed by atoms with E-state index in [2.05, 4.69) is 4.98 Å². The van der Waals surface area contributed by atoms with Crippen molar-refractivity contribution in [3.05, 3.63) is 29.6 Å². The highest BCUT2D eigenvalue weighted by Crippen LogP contribution is 2.08. The van der Waals surface area contributed by atoms with Crippen molar-refractivity contribution in [2.45, 2.75) is 39.2 Å². The van der Waals surface area contributed by atoms with E-state index in [0.29, 0.717) is 25.3 Å². The van der Waals surface area contributed by atoms with Gasteiger partial charge in [-0.3, -0.25) is 4.79 Å². The summed E-state index contributed by atoms with van der Waals surface area (Å²) in [5.41, 5.74) is 0.747. The summed E-state index contributed by atoms with van der Waals surface area (Å²) < 4.78 is 10.5. The van der Waals surface area contributed by atoms with Gasteiger partial charge in [0.2, 0.25) is 0 Å². The Morgan fingerprint density at radius 2 is 2.10 bits per heavy atom. The summed E-state index contributed by atoms with van der Waals surface area (Å²) in [5.74, 6) is -0.262. The maximum absolute atomic E-state index is 11.4. The molecule has 0 aromatic carbocycles. The van der Waals surface area contributed by atoms with Gasteiger partial charge in [-0.15, -0.1) is 0 Å². The Morgan fingerprint density at radius 3 is 2.75 bits per heavy atom. The van der Waals surface area contributed by atoms with Crippen LogP contribution >= 0.6 is 0 Å². The molecule has 0 radical (unpaired) electrons. The Morgan fingerprint density at radius 1 is 1.35 bits per heavy atom. The van der Waals surface area contributed by atoms with Crippen molar-refractivity contribution in [3.63, 3.8) is 0 Å². The van der Waals surface area contributed by atoms with Gasteiger partial charge in [0.1, 0.15) is 17.4 Å². The standard InChI is InChI=1S/C15H20N2O3/c1-15(2,3)20-14(18)8-10-19-9-7-12-5-4-6-13(11-16)17-12/h4-6H,7-10H2,1-3H3. The molecule has 20 heavy (non-hydrogen) atoms. The van der Waals surface area contributed by atoms with Gasteiger partial charge < -0.3 is 9.47 Å². The number of carbonyl (C=O) groups excluding carboxylic acids is 1. The van der Waals surface area contributed by atoms with E-state index < -0.39 is 5.60 Å². The number of aromatic nitrogens is 1. The van der Waals surface area contributed by atoms with E-state index >= 15 is 0 Å². The number of hydrogen-bond donors (Lipinski definition) is 0. The van der Waals surface area contributed by atoms with Crippen molar-refractivity contribution in [1.29, 1.82) is 5.26 Å². The van der Waals surface area contributed by atoms with Crippen LogP contribution in [-0.4, -0.2) is 29.8 Å². The Kier molecular flexibility index (Phi) is 6.13. The molecule has 5 heteroatoms. The van der Waals surface area contributed by atoms with Crippen LogP contribution in [0.4, 0.5) is 0 Å². The van der Waals surface area contributed by atoms with Crippen LogP contribution in [-0.2, 0) is 20.7 Å². The molecule has 0 aliphatic carbocycles. The molecule has 1 heterocycles. The average Bonchev–Trinajstić information content (AvgIpc) is 2.36. The molecule has 0 N–H and O–H groups in total. The number of ether oxygens (including phenoxy) is 2. The normalized spacial score (nSPS) is 10.9. The van der Waals surface area contributed by atoms with Crippen LogP contribution in [0.1, 0.15) is 38.6 Å². The Bertz CT molecular complexity index is 487. The molecule has 0 spiro atoms. The van der Waals surface area contributed by atoms with Crippen LogP contribution in [0.25, 0.3) is 0 Å². The molecule has 1 rings (SSSR count). The minimum absolute atomic E-state index is 0.239. The SMILES string of the molecule is CC(C)(C)OC(=O)CCOCCc1cccc(C#N)n1. The zero-order valence-corrected chi connectivity index (χ0v) is 12.2. The molecular weight excluding hydrogens is 256 g/mol. The number of hydrogen-bond acceptors (Lipinski definition) is 5. The van der Waals surface area contributed by atoms with Crippen LogP contribution in [0.15, 0.2) is 18.2 Å². The predicted octanol–water partition coefficient (Wildman–Crippen LogP) is 2.24. The maximum atomic E-state index is 11.4. The summed E-state index contributed by atoms with van der Waals surface area (Å²) in [7, 11) is 0. The van der Waals surface area contributed by atoms with Gasteiger partial charge in [0.05, 0.1) is 19.6 Å². The van der Waals surface area contributed by atoms with Gasteiger partial charge in [-0.25, -0.2) is 4.98 Å². The lowest BCUT2D eigenvalue weighted by atomic mass is 10.2. The molecule has 0 saturated carbocycles. The quantitative estimate of drug-likeness (QED) is 0.588. The third-order valence-electron chi connectivity index (χ3n) is 2.29. The minimum atomic E-state index is -0.460. The largest absolute Gasteiger partial charge is 0.460 e. The summed E-state index contributed by atoms with van der Waals surface area (Å²) in [5, 5.41) is 8.73. The lowest BCUT2D eigenvalue weighted by Crippen LogP contribution is -2.24. The van der Waals surface area contributed by atoms with E-state index in [-0.39, 0.29) is 12.4 Å². The van der Waals surface area contributed by atoms with Gasteiger partial charge in [-0.05, 0) is 32.9 Å². The van der Waals surface area contributed by atoms with Gasteiger partial charge >= 0.3 is 5.97 Å². The molecule has 1 aromatic rings. The Hall–Kier alpha value is -1.93. The zero-order chi connectivity index (χ0) is 15.0. The van der Waals surface area contributed by atoms with E-state index in [4.69, 9.17) is 14.7 Å². The lowest BCUT2D eigenvalue weighted by Gasteiger charge is -2.19. The van der Waals surface area contributed by atoms with E-state index in [9.17, 15) is 4.79 Å². The fourth-order valence-electron chi connectivity index (χ4n) is 1.51. The lowest BCUT2D eigenvalue weighted by molar-refractivity contribution is -0.156. The third kappa shape index (κ3) is 6.86. The monoisotopic (exact) mass is 276 g/mol. The van der Waals surface area contributed by atoms with Crippen LogP contribution in [0.2, 0.25) is 0 Å². The number of esters is 1. The topological polar surface area (TPSA) is 72.2 Å². The molecule has 1 aromatic heterocycles.